The predicted molar refractivity (Wildman–Crippen MR) is 66.6 cm³/mol. The molecule has 1 fully saturated rings. The monoisotopic (exact) mass is 248 g/mol. The van der Waals surface area contributed by atoms with Gasteiger partial charge in [0, 0.05) is 6.04 Å². The Bertz CT molecular complexity index is 290. The van der Waals surface area contributed by atoms with Crippen molar-refractivity contribution in [3.05, 3.63) is 0 Å². The van der Waals surface area contributed by atoms with Crippen LogP contribution in [0.15, 0.2) is 0 Å². The molecule has 0 amide bonds. The molecule has 0 aromatic carbocycles. The van der Waals surface area contributed by atoms with E-state index in [-0.39, 0.29) is 5.75 Å². The summed E-state index contributed by atoms with van der Waals surface area (Å²) in [6.45, 7) is 3.07. The van der Waals surface area contributed by atoms with Gasteiger partial charge in [0.15, 0.2) is 0 Å². The molecule has 0 bridgehead atoms. The van der Waals surface area contributed by atoms with E-state index in [2.05, 4.69) is 12.2 Å². The molecule has 5 heteroatoms. The SMILES string of the molecule is CC1CCCC(NCCCS(N)(=O)=O)CC1. The van der Waals surface area contributed by atoms with E-state index in [1.807, 2.05) is 0 Å². The summed E-state index contributed by atoms with van der Waals surface area (Å²) in [5.41, 5.74) is 0. The largest absolute Gasteiger partial charge is 0.314 e. The Hall–Kier alpha value is -0.130. The fraction of sp³-hybridized carbons (Fsp3) is 1.00. The first kappa shape index (κ1) is 13.9. The van der Waals surface area contributed by atoms with Gasteiger partial charge in [0.2, 0.25) is 10.0 Å². The third-order valence-electron chi connectivity index (χ3n) is 3.30. The first-order valence-corrected chi connectivity index (χ1v) is 7.93. The number of nitrogens with two attached hydrogens (primary N) is 1. The summed E-state index contributed by atoms with van der Waals surface area (Å²) < 4.78 is 21.5. The zero-order valence-corrected chi connectivity index (χ0v) is 10.9. The molecule has 2 unspecified atom stereocenters. The number of rotatable bonds is 5. The van der Waals surface area contributed by atoms with Gasteiger partial charge < -0.3 is 5.32 Å². The van der Waals surface area contributed by atoms with Crippen molar-refractivity contribution in [3.63, 3.8) is 0 Å². The van der Waals surface area contributed by atoms with Crippen LogP contribution < -0.4 is 10.5 Å². The Morgan fingerprint density at radius 3 is 2.69 bits per heavy atom. The maximum Gasteiger partial charge on any atom is 0.209 e. The zero-order valence-electron chi connectivity index (χ0n) is 10.1. The van der Waals surface area contributed by atoms with Crippen LogP contribution in [0.5, 0.6) is 0 Å². The summed E-state index contributed by atoms with van der Waals surface area (Å²) in [6.07, 6.45) is 6.96. The third kappa shape index (κ3) is 6.45. The van der Waals surface area contributed by atoms with Gasteiger partial charge in [-0.05, 0) is 38.1 Å². The van der Waals surface area contributed by atoms with Crippen molar-refractivity contribution < 1.29 is 8.42 Å². The van der Waals surface area contributed by atoms with Gasteiger partial charge in [-0.1, -0.05) is 19.8 Å². The Balaban J connectivity index is 2.13. The summed E-state index contributed by atoms with van der Waals surface area (Å²) in [4.78, 5) is 0. The molecule has 16 heavy (non-hydrogen) atoms. The average Bonchev–Trinajstić information content (AvgIpc) is 2.37. The molecule has 0 aromatic heterocycles. The first-order chi connectivity index (χ1) is 7.47. The van der Waals surface area contributed by atoms with E-state index in [1.54, 1.807) is 0 Å². The Morgan fingerprint density at radius 1 is 1.25 bits per heavy atom. The van der Waals surface area contributed by atoms with Gasteiger partial charge >= 0.3 is 0 Å². The number of nitrogens with one attached hydrogen (secondary N) is 1. The molecule has 3 N–H and O–H groups in total. The van der Waals surface area contributed by atoms with Crippen LogP contribution in [0, 0.1) is 5.92 Å². The van der Waals surface area contributed by atoms with Gasteiger partial charge in [-0.25, -0.2) is 13.6 Å². The minimum atomic E-state index is -3.28. The molecule has 0 aromatic rings. The molecule has 0 radical (unpaired) electrons. The lowest BCUT2D eigenvalue weighted by molar-refractivity contribution is 0.448. The van der Waals surface area contributed by atoms with E-state index in [9.17, 15) is 8.42 Å². The first-order valence-electron chi connectivity index (χ1n) is 6.21. The lowest BCUT2D eigenvalue weighted by Gasteiger charge is -2.15. The summed E-state index contributed by atoms with van der Waals surface area (Å²) in [5.74, 6) is 0.930. The van der Waals surface area contributed by atoms with Crippen molar-refractivity contribution in [2.45, 2.75) is 51.5 Å². The normalized spacial score (nSPS) is 27.6. The Morgan fingerprint density at radius 2 is 2.00 bits per heavy atom. The van der Waals surface area contributed by atoms with Gasteiger partial charge in [-0.15, -0.1) is 0 Å². The fourth-order valence-corrected chi connectivity index (χ4v) is 2.82. The van der Waals surface area contributed by atoms with Crippen LogP contribution >= 0.6 is 0 Å². The minimum Gasteiger partial charge on any atom is -0.314 e. The van der Waals surface area contributed by atoms with Crippen molar-refractivity contribution >= 4 is 10.0 Å². The van der Waals surface area contributed by atoms with E-state index in [0.717, 1.165) is 12.5 Å². The van der Waals surface area contributed by atoms with Gasteiger partial charge in [-0.3, -0.25) is 0 Å². The van der Waals surface area contributed by atoms with Crippen LogP contribution in [-0.2, 0) is 10.0 Å². The van der Waals surface area contributed by atoms with Crippen LogP contribution in [0.1, 0.15) is 45.4 Å². The Kier molecular flexibility index (Phi) is 5.72. The van der Waals surface area contributed by atoms with Crippen LogP contribution in [0.3, 0.4) is 0 Å². The molecule has 96 valence electrons. The van der Waals surface area contributed by atoms with Gasteiger partial charge in [0.1, 0.15) is 0 Å². The molecule has 0 heterocycles. The standard InChI is InChI=1S/C11H24N2O2S/c1-10-4-2-5-11(7-6-10)13-8-3-9-16(12,14)15/h10-11,13H,2-9H2,1H3,(H2,12,14,15). The number of hydrogen-bond donors (Lipinski definition) is 2. The maximum absolute atomic E-state index is 10.7. The number of sulfonamides is 1. The van der Waals surface area contributed by atoms with E-state index < -0.39 is 10.0 Å². The van der Waals surface area contributed by atoms with Crippen LogP contribution in [0.2, 0.25) is 0 Å². The molecule has 2 atom stereocenters. The molecule has 0 saturated heterocycles. The average molecular weight is 248 g/mol. The van der Waals surface area contributed by atoms with Crippen molar-refractivity contribution in [3.8, 4) is 0 Å². The summed E-state index contributed by atoms with van der Waals surface area (Å²) in [5, 5.41) is 8.38. The van der Waals surface area contributed by atoms with E-state index in [1.165, 1.54) is 32.1 Å². The topological polar surface area (TPSA) is 72.2 Å². The van der Waals surface area contributed by atoms with Crippen LogP contribution in [0.25, 0.3) is 0 Å². The highest BCUT2D eigenvalue weighted by Crippen LogP contribution is 2.22. The van der Waals surface area contributed by atoms with E-state index in [4.69, 9.17) is 5.14 Å². The highest BCUT2D eigenvalue weighted by atomic mass is 32.2. The summed E-state index contributed by atoms with van der Waals surface area (Å²) >= 11 is 0. The van der Waals surface area contributed by atoms with Gasteiger partial charge in [0.05, 0.1) is 5.75 Å². The number of hydrogen-bond acceptors (Lipinski definition) is 3. The van der Waals surface area contributed by atoms with Crippen molar-refractivity contribution in [2.75, 3.05) is 12.3 Å². The van der Waals surface area contributed by atoms with Crippen molar-refractivity contribution in [1.82, 2.24) is 5.32 Å². The lowest BCUT2D eigenvalue weighted by atomic mass is 10.0. The smallest absolute Gasteiger partial charge is 0.209 e. The molecule has 1 saturated carbocycles. The molecule has 1 aliphatic rings. The third-order valence-corrected chi connectivity index (χ3v) is 4.15. The molecular formula is C11H24N2O2S. The molecule has 0 aliphatic heterocycles. The van der Waals surface area contributed by atoms with Crippen LogP contribution in [0.4, 0.5) is 0 Å². The highest BCUT2D eigenvalue weighted by Gasteiger charge is 2.15. The minimum absolute atomic E-state index is 0.0864. The molecular weight excluding hydrogens is 224 g/mol. The summed E-state index contributed by atoms with van der Waals surface area (Å²) in [7, 11) is -3.28. The quantitative estimate of drug-likeness (QED) is 0.567. The molecule has 1 rings (SSSR count). The van der Waals surface area contributed by atoms with Crippen LogP contribution in [-0.4, -0.2) is 26.8 Å². The molecule has 1 aliphatic carbocycles. The predicted octanol–water partition coefficient (Wildman–Crippen LogP) is 1.22. The lowest BCUT2D eigenvalue weighted by Crippen LogP contribution is -2.31. The Labute approximate surface area is 99.0 Å². The van der Waals surface area contributed by atoms with Gasteiger partial charge in [-0.2, -0.15) is 0 Å². The van der Waals surface area contributed by atoms with E-state index in [0.29, 0.717) is 12.5 Å². The van der Waals surface area contributed by atoms with E-state index >= 15 is 0 Å². The second-order valence-corrected chi connectivity index (χ2v) is 6.72. The number of primary sulfonamides is 1. The van der Waals surface area contributed by atoms with Crippen molar-refractivity contribution in [1.29, 1.82) is 0 Å². The second-order valence-electron chi connectivity index (χ2n) is 4.99. The fourth-order valence-electron chi connectivity index (χ4n) is 2.27. The highest BCUT2D eigenvalue weighted by molar-refractivity contribution is 7.89. The second kappa shape index (κ2) is 6.57. The molecule has 4 nitrogen and oxygen atoms in total. The van der Waals surface area contributed by atoms with Gasteiger partial charge in [0.25, 0.3) is 0 Å². The summed E-state index contributed by atoms with van der Waals surface area (Å²) in [6, 6.07) is 0.574. The molecule has 0 spiro atoms. The van der Waals surface area contributed by atoms with Crippen molar-refractivity contribution in [2.24, 2.45) is 11.1 Å². The zero-order chi connectivity index (χ0) is 12.0. The maximum atomic E-state index is 10.7.